The predicted octanol–water partition coefficient (Wildman–Crippen LogP) is 3.52. The van der Waals surface area contributed by atoms with Crippen molar-refractivity contribution in [2.45, 2.75) is 65.1 Å². The average Bonchev–Trinajstić information content (AvgIpc) is 2.51. The zero-order valence-corrected chi connectivity index (χ0v) is 15.0. The minimum atomic E-state index is -0.647. The first-order valence-electron chi connectivity index (χ1n) is 8.53. The Labute approximate surface area is 139 Å². The van der Waals surface area contributed by atoms with Crippen LogP contribution < -0.4 is 4.74 Å². The molecule has 1 atom stereocenters. The summed E-state index contributed by atoms with van der Waals surface area (Å²) in [6.07, 6.45) is 2.05. The van der Waals surface area contributed by atoms with E-state index < -0.39 is 5.60 Å². The van der Waals surface area contributed by atoms with Crippen molar-refractivity contribution in [3.8, 4) is 5.75 Å². The molecule has 0 amide bonds. The highest BCUT2D eigenvalue weighted by atomic mass is 16.5. The number of hydrogen-bond acceptors (Lipinski definition) is 4. The van der Waals surface area contributed by atoms with E-state index in [1.807, 2.05) is 32.0 Å². The maximum Gasteiger partial charge on any atom is 0.293 e. The van der Waals surface area contributed by atoms with Crippen molar-refractivity contribution in [1.82, 2.24) is 4.90 Å². The summed E-state index contributed by atoms with van der Waals surface area (Å²) in [7, 11) is 0. The van der Waals surface area contributed by atoms with Crippen LogP contribution in [0.25, 0.3) is 0 Å². The van der Waals surface area contributed by atoms with Gasteiger partial charge < -0.3 is 9.47 Å². The van der Waals surface area contributed by atoms with E-state index in [2.05, 4.69) is 25.7 Å². The molecule has 23 heavy (non-hydrogen) atoms. The third kappa shape index (κ3) is 3.86. The van der Waals surface area contributed by atoms with Gasteiger partial charge in [0.1, 0.15) is 18.0 Å². The van der Waals surface area contributed by atoms with Crippen LogP contribution in [0.1, 0.15) is 52.2 Å². The van der Waals surface area contributed by atoms with Crippen molar-refractivity contribution in [2.75, 3.05) is 13.2 Å². The molecular formula is C19H29NO3. The Hall–Kier alpha value is -1.55. The number of fused-ring (bicyclic) bond motifs is 1. The molecule has 4 nitrogen and oxygen atoms in total. The van der Waals surface area contributed by atoms with Crippen LogP contribution in [0, 0.1) is 0 Å². The van der Waals surface area contributed by atoms with Crippen LogP contribution in [0.15, 0.2) is 18.2 Å². The fourth-order valence-corrected chi connectivity index (χ4v) is 3.47. The molecule has 0 unspecified atom stereocenters. The van der Waals surface area contributed by atoms with E-state index >= 15 is 0 Å². The van der Waals surface area contributed by atoms with Crippen molar-refractivity contribution >= 4 is 6.47 Å². The second-order valence-corrected chi connectivity index (χ2v) is 7.01. The van der Waals surface area contributed by atoms with Gasteiger partial charge in [-0.3, -0.25) is 9.69 Å². The summed E-state index contributed by atoms with van der Waals surface area (Å²) in [4.78, 5) is 13.4. The first kappa shape index (κ1) is 17.8. The summed E-state index contributed by atoms with van der Waals surface area (Å²) in [5.74, 6) is 0.918. The highest BCUT2D eigenvalue weighted by molar-refractivity contribution is 5.47. The molecule has 0 fully saturated rings. The molecular weight excluding hydrogens is 290 g/mol. The minimum Gasteiger partial charge on any atom is -0.492 e. The Morgan fingerprint density at radius 2 is 2.17 bits per heavy atom. The highest BCUT2D eigenvalue weighted by Gasteiger charge is 2.33. The van der Waals surface area contributed by atoms with Crippen LogP contribution in [0.3, 0.4) is 0 Å². The van der Waals surface area contributed by atoms with Gasteiger partial charge >= 0.3 is 0 Å². The number of ether oxygens (including phenoxy) is 2. The molecule has 0 spiro atoms. The van der Waals surface area contributed by atoms with E-state index in [4.69, 9.17) is 9.47 Å². The van der Waals surface area contributed by atoms with Crippen LogP contribution in [0.2, 0.25) is 0 Å². The number of rotatable bonds is 7. The molecule has 0 aromatic heterocycles. The SMILES string of the molecule is CCCN(C(C)C)[C@H]1COc2cccc(C(C)(C)OC=O)c2C1. The number of benzene rings is 1. The summed E-state index contributed by atoms with van der Waals surface area (Å²) in [6.45, 7) is 12.8. The van der Waals surface area contributed by atoms with Crippen LogP contribution in [-0.2, 0) is 21.6 Å². The standard InChI is InChI=1S/C19H29NO3/c1-6-10-20(14(2)3)15-11-16-17(19(4,5)23-13-21)8-7-9-18(16)22-12-15/h7-9,13-15H,6,10-12H2,1-5H3/t15-/m1/s1. The Balaban J connectivity index is 2.33. The molecule has 1 aromatic rings. The molecule has 1 heterocycles. The molecule has 0 saturated carbocycles. The summed E-state index contributed by atoms with van der Waals surface area (Å²) in [6, 6.07) is 6.85. The van der Waals surface area contributed by atoms with Crippen LogP contribution >= 0.6 is 0 Å². The zero-order valence-electron chi connectivity index (χ0n) is 15.0. The third-order valence-corrected chi connectivity index (χ3v) is 4.61. The summed E-state index contributed by atoms with van der Waals surface area (Å²) in [5.41, 5.74) is 1.55. The van der Waals surface area contributed by atoms with Gasteiger partial charge in [0.05, 0.1) is 0 Å². The van der Waals surface area contributed by atoms with Gasteiger partial charge in [0.15, 0.2) is 0 Å². The molecule has 1 aromatic carbocycles. The Morgan fingerprint density at radius 1 is 1.43 bits per heavy atom. The Kier molecular flexibility index (Phi) is 5.69. The van der Waals surface area contributed by atoms with Crippen molar-refractivity contribution in [1.29, 1.82) is 0 Å². The van der Waals surface area contributed by atoms with Gasteiger partial charge in [0, 0.05) is 23.2 Å². The molecule has 0 N–H and O–H groups in total. The van der Waals surface area contributed by atoms with Gasteiger partial charge in [-0.1, -0.05) is 19.1 Å². The topological polar surface area (TPSA) is 38.8 Å². The lowest BCUT2D eigenvalue weighted by atomic mass is 9.87. The Morgan fingerprint density at radius 3 is 2.78 bits per heavy atom. The zero-order chi connectivity index (χ0) is 17.0. The molecule has 1 aliphatic heterocycles. The first-order valence-corrected chi connectivity index (χ1v) is 8.53. The van der Waals surface area contributed by atoms with Gasteiger partial charge in [0.25, 0.3) is 6.47 Å². The molecule has 0 aliphatic carbocycles. The maximum absolute atomic E-state index is 10.8. The molecule has 2 rings (SSSR count). The van der Waals surface area contributed by atoms with Crippen LogP contribution in [0.5, 0.6) is 5.75 Å². The molecule has 1 aliphatic rings. The fourth-order valence-electron chi connectivity index (χ4n) is 3.47. The predicted molar refractivity (Wildman–Crippen MR) is 91.7 cm³/mol. The number of carbonyl (C=O) groups is 1. The third-order valence-electron chi connectivity index (χ3n) is 4.61. The second-order valence-electron chi connectivity index (χ2n) is 7.01. The van der Waals surface area contributed by atoms with Gasteiger partial charge in [-0.15, -0.1) is 0 Å². The Bertz CT molecular complexity index is 539. The van der Waals surface area contributed by atoms with E-state index in [1.165, 1.54) is 0 Å². The molecule has 0 bridgehead atoms. The summed E-state index contributed by atoms with van der Waals surface area (Å²) >= 11 is 0. The monoisotopic (exact) mass is 319 g/mol. The quantitative estimate of drug-likeness (QED) is 0.721. The lowest BCUT2D eigenvalue weighted by Gasteiger charge is -2.39. The van der Waals surface area contributed by atoms with E-state index in [-0.39, 0.29) is 0 Å². The van der Waals surface area contributed by atoms with E-state index in [9.17, 15) is 4.79 Å². The van der Waals surface area contributed by atoms with Crippen molar-refractivity contribution in [3.05, 3.63) is 29.3 Å². The van der Waals surface area contributed by atoms with Gasteiger partial charge in [-0.05, 0) is 53.1 Å². The van der Waals surface area contributed by atoms with Crippen molar-refractivity contribution < 1.29 is 14.3 Å². The lowest BCUT2D eigenvalue weighted by Crippen LogP contribution is -2.47. The summed E-state index contributed by atoms with van der Waals surface area (Å²) < 4.78 is 11.4. The number of carbonyl (C=O) groups excluding carboxylic acids is 1. The van der Waals surface area contributed by atoms with Crippen LogP contribution in [-0.4, -0.2) is 36.6 Å². The van der Waals surface area contributed by atoms with Gasteiger partial charge in [-0.25, -0.2) is 0 Å². The van der Waals surface area contributed by atoms with Crippen LogP contribution in [0.4, 0.5) is 0 Å². The molecule has 128 valence electrons. The van der Waals surface area contributed by atoms with E-state index in [0.29, 0.717) is 25.2 Å². The fraction of sp³-hybridized carbons (Fsp3) is 0.632. The minimum absolute atomic E-state index is 0.357. The maximum atomic E-state index is 10.8. The number of nitrogens with zero attached hydrogens (tertiary/aromatic N) is 1. The molecule has 4 heteroatoms. The second kappa shape index (κ2) is 7.35. The smallest absolute Gasteiger partial charge is 0.293 e. The number of hydrogen-bond donors (Lipinski definition) is 0. The molecule has 0 radical (unpaired) electrons. The summed E-state index contributed by atoms with van der Waals surface area (Å²) in [5, 5.41) is 0. The largest absolute Gasteiger partial charge is 0.492 e. The first-order chi connectivity index (χ1) is 10.9. The van der Waals surface area contributed by atoms with Crippen molar-refractivity contribution in [2.24, 2.45) is 0 Å². The molecule has 0 saturated heterocycles. The van der Waals surface area contributed by atoms with E-state index in [0.717, 1.165) is 36.3 Å². The van der Waals surface area contributed by atoms with Gasteiger partial charge in [0.2, 0.25) is 0 Å². The highest BCUT2D eigenvalue weighted by Crippen LogP contribution is 2.36. The average molecular weight is 319 g/mol. The lowest BCUT2D eigenvalue weighted by molar-refractivity contribution is -0.141. The van der Waals surface area contributed by atoms with Gasteiger partial charge in [-0.2, -0.15) is 0 Å². The normalized spacial score (nSPS) is 17.8. The van der Waals surface area contributed by atoms with Crippen molar-refractivity contribution in [3.63, 3.8) is 0 Å². The van der Waals surface area contributed by atoms with E-state index in [1.54, 1.807) is 0 Å².